The lowest BCUT2D eigenvalue weighted by Crippen LogP contribution is -2.56. The fraction of sp³-hybridized carbons (Fsp3) is 0.474. The van der Waals surface area contributed by atoms with Crippen LogP contribution in [-0.4, -0.2) is 97.6 Å². The number of ether oxygens (including phenoxy) is 2. The third-order valence-corrected chi connectivity index (χ3v) is 10.2. The molecule has 13 nitrogen and oxygen atoms in total. The molecule has 0 radical (unpaired) electrons. The van der Waals surface area contributed by atoms with E-state index in [1.165, 1.54) is 0 Å². The van der Waals surface area contributed by atoms with E-state index < -0.39 is 41.7 Å². The predicted octanol–water partition coefficient (Wildman–Crippen LogP) is 3.31. The Kier molecular flexibility index (Phi) is 11.3. The van der Waals surface area contributed by atoms with Gasteiger partial charge >= 0.3 is 5.97 Å². The Morgan fingerprint density at radius 2 is 1.88 bits per heavy atom. The molecule has 0 aliphatic carbocycles. The number of aliphatic hydroxyl groups excluding tert-OH is 1. The first-order chi connectivity index (χ1) is 24.8. The van der Waals surface area contributed by atoms with Crippen LogP contribution in [0.5, 0.6) is 0 Å². The zero-order chi connectivity index (χ0) is 36.0. The number of nitrogens with one attached hydrogen (secondary N) is 1. The summed E-state index contributed by atoms with van der Waals surface area (Å²) in [5.41, 5.74) is 0.910. The van der Waals surface area contributed by atoms with E-state index in [0.29, 0.717) is 49.6 Å². The summed E-state index contributed by atoms with van der Waals surface area (Å²) in [6.07, 6.45) is 5.36. The summed E-state index contributed by atoms with van der Waals surface area (Å²) < 4.78 is 14.4. The fourth-order valence-corrected chi connectivity index (χ4v) is 7.88. The number of hydrogen-bond donors (Lipinski definition) is 2. The van der Waals surface area contributed by atoms with Crippen LogP contribution in [0.3, 0.4) is 0 Å². The van der Waals surface area contributed by atoms with Crippen LogP contribution in [0.4, 0.5) is 0 Å². The van der Waals surface area contributed by atoms with Gasteiger partial charge in [0.25, 0.3) is 0 Å². The molecular formula is C38H46N6O7. The first-order valence-corrected chi connectivity index (χ1v) is 17.7. The fourth-order valence-electron chi connectivity index (χ4n) is 7.88. The molecule has 2 aromatic carbocycles. The normalized spacial score (nSPS) is 23.9. The first-order valence-electron chi connectivity index (χ1n) is 17.7. The number of allylic oxidation sites excluding steroid dienone is 1. The maximum atomic E-state index is 14.8. The molecule has 51 heavy (non-hydrogen) atoms. The molecule has 13 heteroatoms. The quantitative estimate of drug-likeness (QED) is 0.116. The number of amides is 3. The SMILES string of the molecule is C=CCCC(=O)NC[C@H](OC(=O)[C@@H]1[C@@H]2CC[C@]3(O2)[C@H](C(=O)N(CC=C)Cn2nnc4ccccc42)N(CCCCCO)C(=O)[C@@H]13)c1ccccc1. The third-order valence-electron chi connectivity index (χ3n) is 10.2. The van der Waals surface area contributed by atoms with Gasteiger partial charge in [0.05, 0.1) is 30.0 Å². The number of benzene rings is 2. The number of rotatable bonds is 18. The van der Waals surface area contributed by atoms with E-state index in [2.05, 4.69) is 28.8 Å². The van der Waals surface area contributed by atoms with Gasteiger partial charge in [-0.05, 0) is 56.2 Å². The van der Waals surface area contributed by atoms with Crippen molar-refractivity contribution in [2.75, 3.05) is 26.2 Å². The monoisotopic (exact) mass is 698 g/mol. The lowest BCUT2D eigenvalue weighted by molar-refractivity contribution is -0.160. The van der Waals surface area contributed by atoms with Crippen LogP contribution in [0.15, 0.2) is 79.9 Å². The number of aliphatic hydroxyl groups is 1. The van der Waals surface area contributed by atoms with E-state index in [9.17, 15) is 24.3 Å². The highest BCUT2D eigenvalue weighted by Gasteiger charge is 2.75. The molecule has 3 fully saturated rings. The average molecular weight is 699 g/mol. The highest BCUT2D eigenvalue weighted by Crippen LogP contribution is 2.59. The minimum Gasteiger partial charge on any atom is -0.455 e. The molecule has 0 unspecified atom stereocenters. The van der Waals surface area contributed by atoms with E-state index in [0.717, 1.165) is 5.52 Å². The average Bonchev–Trinajstić information content (AvgIpc) is 3.90. The Morgan fingerprint density at radius 1 is 1.10 bits per heavy atom. The molecule has 6 atom stereocenters. The summed E-state index contributed by atoms with van der Waals surface area (Å²) in [6, 6.07) is 15.6. The van der Waals surface area contributed by atoms with Gasteiger partial charge in [-0.1, -0.05) is 59.8 Å². The molecule has 2 N–H and O–H groups in total. The van der Waals surface area contributed by atoms with Crippen LogP contribution < -0.4 is 5.32 Å². The van der Waals surface area contributed by atoms with Crippen molar-refractivity contribution < 1.29 is 33.8 Å². The van der Waals surface area contributed by atoms with Crippen molar-refractivity contribution in [3.05, 3.63) is 85.5 Å². The lowest BCUT2D eigenvalue weighted by Gasteiger charge is -2.36. The van der Waals surface area contributed by atoms with E-state index in [1.807, 2.05) is 54.6 Å². The number of nitrogens with zero attached hydrogens (tertiary/aromatic N) is 5. The highest BCUT2D eigenvalue weighted by molar-refractivity contribution is 5.98. The predicted molar refractivity (Wildman–Crippen MR) is 187 cm³/mol. The Bertz CT molecular complexity index is 1750. The molecule has 270 valence electrons. The molecule has 3 amide bonds. The van der Waals surface area contributed by atoms with Crippen LogP contribution in [-0.2, 0) is 35.3 Å². The summed E-state index contributed by atoms with van der Waals surface area (Å²) >= 11 is 0. The molecule has 1 spiro atoms. The number of esters is 1. The third kappa shape index (κ3) is 7.18. The standard InChI is InChI=1S/C38H46N6O7/c1-3-5-18-31(46)39-24-30(26-14-8-6-9-15-26)50-37(49)32-29-19-20-38(51-29)33(32)35(47)43(22-12-7-13-23-45)34(38)36(48)42(21-4-2)25-44-28-17-11-10-16-27(28)40-41-44/h3-4,6,8-11,14-17,29-30,32-34,45H,1-2,5,7,12-13,18-25H2,(H,39,46)/t29-,30-,32+,33+,34-,38+/m0/s1. The number of unbranched alkanes of at least 4 members (excludes halogenated alkanes) is 2. The van der Waals surface area contributed by atoms with Gasteiger partial charge in [0, 0.05) is 26.1 Å². The Morgan fingerprint density at radius 3 is 2.65 bits per heavy atom. The van der Waals surface area contributed by atoms with Gasteiger partial charge in [0.1, 0.15) is 29.9 Å². The van der Waals surface area contributed by atoms with Crippen molar-refractivity contribution in [3.8, 4) is 0 Å². The molecule has 3 saturated heterocycles. The number of carbonyl (C=O) groups excluding carboxylic acids is 4. The van der Waals surface area contributed by atoms with Gasteiger partial charge in [-0.2, -0.15) is 0 Å². The minimum absolute atomic E-state index is 0.0256. The number of fused-ring (bicyclic) bond motifs is 2. The summed E-state index contributed by atoms with van der Waals surface area (Å²) in [6.45, 7) is 8.14. The second-order valence-electron chi connectivity index (χ2n) is 13.4. The van der Waals surface area contributed by atoms with Crippen molar-refractivity contribution >= 4 is 34.7 Å². The Labute approximate surface area is 297 Å². The number of carbonyl (C=O) groups is 4. The lowest BCUT2D eigenvalue weighted by atomic mass is 9.70. The molecule has 3 aliphatic rings. The van der Waals surface area contributed by atoms with Crippen LogP contribution in [0, 0.1) is 11.8 Å². The number of para-hydroxylation sites is 1. The van der Waals surface area contributed by atoms with E-state index in [1.54, 1.807) is 26.6 Å². The molecule has 6 rings (SSSR count). The Hall–Kier alpha value is -4.88. The summed E-state index contributed by atoms with van der Waals surface area (Å²) in [4.78, 5) is 59.1. The largest absolute Gasteiger partial charge is 0.455 e. The minimum atomic E-state index is -1.23. The number of hydrogen-bond acceptors (Lipinski definition) is 9. The molecule has 2 bridgehead atoms. The van der Waals surface area contributed by atoms with Gasteiger partial charge in [0.15, 0.2) is 0 Å². The van der Waals surface area contributed by atoms with Gasteiger partial charge in [0.2, 0.25) is 17.7 Å². The summed E-state index contributed by atoms with van der Waals surface area (Å²) in [5.74, 6) is -3.29. The number of aromatic nitrogens is 3. The van der Waals surface area contributed by atoms with E-state index in [4.69, 9.17) is 9.47 Å². The van der Waals surface area contributed by atoms with Crippen molar-refractivity contribution in [2.24, 2.45) is 11.8 Å². The molecule has 4 heterocycles. The number of likely N-dealkylation sites (tertiary alicyclic amines) is 1. The molecule has 3 aliphatic heterocycles. The molecule has 0 saturated carbocycles. The van der Waals surface area contributed by atoms with Gasteiger partial charge in [-0.3, -0.25) is 19.2 Å². The molecule has 1 aromatic heterocycles. The maximum absolute atomic E-state index is 14.8. The topological polar surface area (TPSA) is 156 Å². The van der Waals surface area contributed by atoms with Gasteiger partial charge in [-0.15, -0.1) is 18.3 Å². The van der Waals surface area contributed by atoms with E-state index >= 15 is 0 Å². The van der Waals surface area contributed by atoms with Gasteiger partial charge in [-0.25, -0.2) is 4.68 Å². The van der Waals surface area contributed by atoms with Crippen LogP contribution in [0.25, 0.3) is 11.0 Å². The first kappa shape index (κ1) is 35.9. The summed E-state index contributed by atoms with van der Waals surface area (Å²) in [7, 11) is 0. The molecular weight excluding hydrogens is 652 g/mol. The van der Waals surface area contributed by atoms with Crippen molar-refractivity contribution in [1.82, 2.24) is 30.1 Å². The zero-order valence-corrected chi connectivity index (χ0v) is 28.8. The smallest absolute Gasteiger partial charge is 0.313 e. The zero-order valence-electron chi connectivity index (χ0n) is 28.8. The van der Waals surface area contributed by atoms with E-state index in [-0.39, 0.29) is 57.1 Å². The second kappa shape index (κ2) is 16.0. The maximum Gasteiger partial charge on any atom is 0.313 e. The summed E-state index contributed by atoms with van der Waals surface area (Å²) in [5, 5.41) is 20.8. The van der Waals surface area contributed by atoms with Crippen molar-refractivity contribution in [1.29, 1.82) is 0 Å². The van der Waals surface area contributed by atoms with Crippen LogP contribution in [0.2, 0.25) is 0 Å². The van der Waals surface area contributed by atoms with Crippen LogP contribution in [0.1, 0.15) is 56.6 Å². The second-order valence-corrected chi connectivity index (χ2v) is 13.4. The van der Waals surface area contributed by atoms with Crippen molar-refractivity contribution in [2.45, 2.75) is 75.5 Å². The molecule has 3 aromatic rings. The van der Waals surface area contributed by atoms with Crippen molar-refractivity contribution in [3.63, 3.8) is 0 Å². The van der Waals surface area contributed by atoms with Crippen LogP contribution >= 0.6 is 0 Å². The highest BCUT2D eigenvalue weighted by atomic mass is 16.6. The van der Waals surface area contributed by atoms with Gasteiger partial charge < -0.3 is 29.7 Å². The Balaban J connectivity index is 1.28.